The zero-order valence-electron chi connectivity index (χ0n) is 21.7. The van der Waals surface area contributed by atoms with Crippen LogP contribution in [0.5, 0.6) is 0 Å². The second kappa shape index (κ2) is 14.6. The number of benzene rings is 1. The Balaban J connectivity index is 1.63. The largest absolute Gasteiger partial charge is 0.453 e. The van der Waals surface area contributed by atoms with Gasteiger partial charge in [-0.2, -0.15) is 0 Å². The van der Waals surface area contributed by atoms with Gasteiger partial charge in [0.05, 0.1) is 19.8 Å². The van der Waals surface area contributed by atoms with E-state index in [0.717, 1.165) is 24.8 Å². The number of urea groups is 1. The standard InChI is InChI=1S/C27H43ClN4O4/c1-19(29)24(16-20-8-4-3-5-9-20)31-26(33)32-14-7-11-22(18-32)25(21-10-6-12-23(28)17-21)36-15-13-30-27(34)35-2/h6,10,12,17,19-20,22,24-25H,3-5,7-9,11,13-16,18,29H2,1-2H3,(H,30,34)(H,31,33)/t19-,22-,24+,25?/m1/s1. The van der Waals surface area contributed by atoms with Gasteiger partial charge >= 0.3 is 12.1 Å². The molecule has 0 bridgehead atoms. The maximum absolute atomic E-state index is 13.3. The molecule has 1 saturated carbocycles. The number of likely N-dealkylation sites (tertiary alicyclic amines) is 1. The Morgan fingerprint density at radius 2 is 1.97 bits per heavy atom. The van der Waals surface area contributed by atoms with Crippen molar-refractivity contribution < 1.29 is 19.1 Å². The van der Waals surface area contributed by atoms with Crippen LogP contribution >= 0.6 is 11.6 Å². The quantitative estimate of drug-likeness (QED) is 0.380. The van der Waals surface area contributed by atoms with Crippen LogP contribution < -0.4 is 16.4 Å². The number of piperidine rings is 1. The molecule has 1 saturated heterocycles. The normalized spacial score (nSPS) is 21.3. The Morgan fingerprint density at radius 3 is 2.67 bits per heavy atom. The summed E-state index contributed by atoms with van der Waals surface area (Å²) >= 11 is 6.28. The molecule has 1 aromatic rings. The minimum atomic E-state index is -0.490. The molecule has 2 aliphatic rings. The number of hydrogen-bond donors (Lipinski definition) is 3. The Morgan fingerprint density at radius 1 is 1.19 bits per heavy atom. The molecular formula is C27H43ClN4O4. The molecule has 1 aromatic carbocycles. The van der Waals surface area contributed by atoms with Crippen molar-refractivity contribution in [2.24, 2.45) is 17.6 Å². The van der Waals surface area contributed by atoms with Crippen LogP contribution in [-0.4, -0.2) is 62.5 Å². The van der Waals surface area contributed by atoms with Gasteiger partial charge in [-0.05, 0) is 49.8 Å². The molecule has 202 valence electrons. The Hall–Kier alpha value is -2.03. The van der Waals surface area contributed by atoms with Crippen molar-refractivity contribution in [2.45, 2.75) is 76.5 Å². The topological polar surface area (TPSA) is 106 Å². The second-order valence-electron chi connectivity index (χ2n) is 10.3. The number of nitrogens with zero attached hydrogens (tertiary/aromatic N) is 1. The molecule has 1 aliphatic heterocycles. The summed E-state index contributed by atoms with van der Waals surface area (Å²) in [5.74, 6) is 0.747. The van der Waals surface area contributed by atoms with Crippen molar-refractivity contribution in [3.05, 3.63) is 34.9 Å². The van der Waals surface area contributed by atoms with E-state index in [1.165, 1.54) is 39.2 Å². The summed E-state index contributed by atoms with van der Waals surface area (Å²) in [6.45, 7) is 3.94. The molecule has 3 amide bonds. The van der Waals surface area contributed by atoms with Crippen LogP contribution in [0.25, 0.3) is 0 Å². The van der Waals surface area contributed by atoms with Crippen molar-refractivity contribution >= 4 is 23.7 Å². The molecule has 1 unspecified atom stereocenters. The van der Waals surface area contributed by atoms with E-state index in [2.05, 4.69) is 15.4 Å². The lowest BCUT2D eigenvalue weighted by molar-refractivity contribution is -0.00869. The number of alkyl carbamates (subject to hydrolysis) is 1. The van der Waals surface area contributed by atoms with Gasteiger partial charge in [-0.25, -0.2) is 9.59 Å². The van der Waals surface area contributed by atoms with Crippen molar-refractivity contribution in [3.63, 3.8) is 0 Å². The number of rotatable bonds is 10. The third-order valence-electron chi connectivity index (χ3n) is 7.46. The van der Waals surface area contributed by atoms with E-state index >= 15 is 0 Å². The monoisotopic (exact) mass is 522 g/mol. The highest BCUT2D eigenvalue weighted by Gasteiger charge is 2.33. The molecule has 4 atom stereocenters. The molecule has 1 aliphatic carbocycles. The third kappa shape index (κ3) is 8.82. The number of nitrogens with one attached hydrogen (secondary N) is 2. The van der Waals surface area contributed by atoms with Crippen molar-refractivity contribution in [2.75, 3.05) is 33.4 Å². The third-order valence-corrected chi connectivity index (χ3v) is 7.70. The maximum atomic E-state index is 13.3. The molecule has 0 radical (unpaired) electrons. The van der Waals surface area contributed by atoms with Crippen LogP contribution in [-0.2, 0) is 9.47 Å². The lowest BCUT2D eigenvalue weighted by Gasteiger charge is -2.38. The fraction of sp³-hybridized carbons (Fsp3) is 0.704. The van der Waals surface area contributed by atoms with Gasteiger partial charge in [0.1, 0.15) is 0 Å². The molecule has 3 rings (SSSR count). The Labute approximate surface area is 220 Å². The minimum Gasteiger partial charge on any atom is -0.453 e. The SMILES string of the molecule is COC(=O)NCCOC(c1cccc(Cl)c1)[C@@H]1CCCN(C(=O)N[C@@H](CC2CCCCC2)[C@@H](C)N)C1. The molecule has 0 spiro atoms. The molecule has 8 nitrogen and oxygen atoms in total. The van der Waals surface area contributed by atoms with Gasteiger partial charge in [-0.3, -0.25) is 0 Å². The highest BCUT2D eigenvalue weighted by Crippen LogP contribution is 2.34. The average Bonchev–Trinajstić information content (AvgIpc) is 2.88. The summed E-state index contributed by atoms with van der Waals surface area (Å²) in [5.41, 5.74) is 7.26. The smallest absolute Gasteiger partial charge is 0.406 e. The minimum absolute atomic E-state index is 0.0228. The number of nitrogens with two attached hydrogens (primary N) is 1. The number of carbonyl (C=O) groups is 2. The first-order chi connectivity index (χ1) is 17.4. The van der Waals surface area contributed by atoms with Gasteiger partial charge in [0, 0.05) is 42.7 Å². The lowest BCUT2D eigenvalue weighted by atomic mass is 9.83. The van der Waals surface area contributed by atoms with Crippen LogP contribution in [0.3, 0.4) is 0 Å². The van der Waals surface area contributed by atoms with E-state index in [1.54, 1.807) is 0 Å². The van der Waals surface area contributed by atoms with Crippen LogP contribution in [0.1, 0.15) is 70.0 Å². The molecule has 4 N–H and O–H groups in total. The number of halogens is 1. The number of ether oxygens (including phenoxy) is 2. The van der Waals surface area contributed by atoms with E-state index in [9.17, 15) is 9.59 Å². The summed E-state index contributed by atoms with van der Waals surface area (Å²) in [5, 5.41) is 6.54. The Bertz CT molecular complexity index is 834. The van der Waals surface area contributed by atoms with E-state index in [0.29, 0.717) is 37.2 Å². The van der Waals surface area contributed by atoms with Crippen molar-refractivity contribution in [1.29, 1.82) is 0 Å². The molecule has 1 heterocycles. The molecular weight excluding hydrogens is 480 g/mol. The number of hydrogen-bond acceptors (Lipinski definition) is 5. The first-order valence-electron chi connectivity index (χ1n) is 13.4. The fourth-order valence-corrected chi connectivity index (χ4v) is 5.68. The summed E-state index contributed by atoms with van der Waals surface area (Å²) in [6.07, 6.45) is 8.37. The van der Waals surface area contributed by atoms with Gasteiger partial charge in [-0.15, -0.1) is 0 Å². The molecule has 36 heavy (non-hydrogen) atoms. The summed E-state index contributed by atoms with van der Waals surface area (Å²) in [7, 11) is 1.33. The van der Waals surface area contributed by atoms with Gasteiger partial charge in [0.25, 0.3) is 0 Å². The second-order valence-corrected chi connectivity index (χ2v) is 10.7. The summed E-state index contributed by atoms with van der Waals surface area (Å²) in [6, 6.07) is 7.49. The zero-order valence-corrected chi connectivity index (χ0v) is 22.5. The van der Waals surface area contributed by atoms with Crippen LogP contribution in [0, 0.1) is 11.8 Å². The van der Waals surface area contributed by atoms with Crippen LogP contribution in [0.4, 0.5) is 9.59 Å². The fourth-order valence-electron chi connectivity index (χ4n) is 5.48. The first kappa shape index (κ1) is 28.5. The van der Waals surface area contributed by atoms with Crippen molar-refractivity contribution in [3.8, 4) is 0 Å². The lowest BCUT2D eigenvalue weighted by Crippen LogP contribution is -2.54. The van der Waals surface area contributed by atoms with E-state index in [4.69, 9.17) is 22.1 Å². The van der Waals surface area contributed by atoms with Gasteiger partial charge in [0.2, 0.25) is 0 Å². The van der Waals surface area contributed by atoms with Gasteiger partial charge in [-0.1, -0.05) is 55.8 Å². The van der Waals surface area contributed by atoms with Crippen LogP contribution in [0.2, 0.25) is 5.02 Å². The summed E-state index contributed by atoms with van der Waals surface area (Å²) in [4.78, 5) is 26.6. The van der Waals surface area contributed by atoms with Gasteiger partial charge in [0.15, 0.2) is 0 Å². The summed E-state index contributed by atoms with van der Waals surface area (Å²) < 4.78 is 10.9. The van der Waals surface area contributed by atoms with E-state index in [1.807, 2.05) is 36.1 Å². The predicted octanol–water partition coefficient (Wildman–Crippen LogP) is 4.86. The Kier molecular flexibility index (Phi) is 11.6. The number of amides is 3. The van der Waals surface area contributed by atoms with E-state index < -0.39 is 6.09 Å². The molecule has 0 aromatic heterocycles. The number of methoxy groups -OCH3 is 1. The van der Waals surface area contributed by atoms with E-state index in [-0.39, 0.29) is 30.1 Å². The first-order valence-corrected chi connectivity index (χ1v) is 13.7. The maximum Gasteiger partial charge on any atom is 0.406 e. The highest BCUT2D eigenvalue weighted by molar-refractivity contribution is 6.30. The van der Waals surface area contributed by atoms with Crippen LogP contribution in [0.15, 0.2) is 24.3 Å². The molecule has 9 heteroatoms. The highest BCUT2D eigenvalue weighted by atomic mass is 35.5. The van der Waals surface area contributed by atoms with Gasteiger partial charge < -0.3 is 30.7 Å². The molecule has 2 fully saturated rings. The predicted molar refractivity (Wildman–Crippen MR) is 142 cm³/mol. The average molecular weight is 523 g/mol. The zero-order chi connectivity index (χ0) is 25.9. The number of carbonyl (C=O) groups excluding carboxylic acids is 2. The van der Waals surface area contributed by atoms with Crippen molar-refractivity contribution in [1.82, 2.24) is 15.5 Å².